The van der Waals surface area contributed by atoms with E-state index in [1.165, 1.54) is 11.8 Å². The van der Waals surface area contributed by atoms with Gasteiger partial charge in [-0.1, -0.05) is 37.0 Å². The van der Waals surface area contributed by atoms with E-state index in [1.54, 1.807) is 12.3 Å². The van der Waals surface area contributed by atoms with Crippen molar-refractivity contribution in [1.82, 2.24) is 15.2 Å². The summed E-state index contributed by atoms with van der Waals surface area (Å²) in [6.07, 6.45) is 3.98. The molecule has 0 atom stereocenters. The van der Waals surface area contributed by atoms with Crippen molar-refractivity contribution in [3.63, 3.8) is 0 Å². The maximum Gasteiger partial charge on any atom is 0.251 e. The minimum absolute atomic E-state index is 0.0136. The Morgan fingerprint density at radius 3 is 2.53 bits per heavy atom. The highest BCUT2D eigenvalue weighted by molar-refractivity contribution is 5.94. The molecule has 2 heterocycles. The van der Waals surface area contributed by atoms with Crippen molar-refractivity contribution in [2.45, 2.75) is 19.9 Å². The molecule has 1 saturated heterocycles. The number of nitrogens with zero attached hydrogens (tertiary/aromatic N) is 3. The van der Waals surface area contributed by atoms with Crippen LogP contribution in [-0.2, 0) is 6.54 Å². The second-order valence-corrected chi connectivity index (χ2v) is 8.40. The summed E-state index contributed by atoms with van der Waals surface area (Å²) in [6.45, 7) is 7.37. The summed E-state index contributed by atoms with van der Waals surface area (Å²) in [6, 6.07) is 17.7. The van der Waals surface area contributed by atoms with E-state index in [1.807, 2.05) is 49.4 Å². The van der Waals surface area contributed by atoms with Gasteiger partial charge in [0.2, 0.25) is 0 Å². The number of benzene rings is 2. The number of amides is 1. The predicted molar refractivity (Wildman–Crippen MR) is 135 cm³/mol. The van der Waals surface area contributed by atoms with Gasteiger partial charge < -0.3 is 15.3 Å². The molecular formula is C28H30N4O2. The van der Waals surface area contributed by atoms with Crippen LogP contribution in [0.5, 0.6) is 5.75 Å². The molecule has 2 N–H and O–H groups in total. The van der Waals surface area contributed by atoms with Gasteiger partial charge in [0.1, 0.15) is 5.75 Å². The molecule has 174 valence electrons. The van der Waals surface area contributed by atoms with Crippen LogP contribution in [-0.4, -0.2) is 53.6 Å². The number of anilines is 1. The molecule has 2 aromatic carbocycles. The third-order valence-corrected chi connectivity index (χ3v) is 5.88. The third-order valence-electron chi connectivity index (χ3n) is 5.88. The van der Waals surface area contributed by atoms with Crippen LogP contribution < -0.4 is 10.2 Å². The number of carbonyl (C=O) groups excluding carboxylic acids is 1. The molecule has 0 aliphatic carbocycles. The van der Waals surface area contributed by atoms with Crippen molar-refractivity contribution in [2.24, 2.45) is 0 Å². The number of hydrogen-bond donors (Lipinski definition) is 2. The van der Waals surface area contributed by atoms with Crippen LogP contribution in [0.4, 0.5) is 5.69 Å². The van der Waals surface area contributed by atoms with Gasteiger partial charge in [0.25, 0.3) is 5.91 Å². The van der Waals surface area contributed by atoms with Crippen LogP contribution in [0, 0.1) is 11.8 Å². The molecule has 0 unspecified atom stereocenters. The van der Waals surface area contributed by atoms with E-state index in [9.17, 15) is 9.90 Å². The minimum atomic E-state index is -0.0136. The Bertz CT molecular complexity index is 1170. The monoisotopic (exact) mass is 454 g/mol. The molecule has 0 bridgehead atoms. The lowest BCUT2D eigenvalue weighted by Crippen LogP contribution is -2.46. The number of aromatic nitrogens is 1. The van der Waals surface area contributed by atoms with E-state index < -0.39 is 0 Å². The molecule has 0 radical (unpaired) electrons. The lowest BCUT2D eigenvalue weighted by Gasteiger charge is -2.36. The molecule has 1 amide bonds. The van der Waals surface area contributed by atoms with Crippen LogP contribution >= 0.6 is 0 Å². The first kappa shape index (κ1) is 23.3. The van der Waals surface area contributed by atoms with Crippen LogP contribution in [0.1, 0.15) is 40.4 Å². The highest BCUT2D eigenvalue weighted by Crippen LogP contribution is 2.19. The van der Waals surface area contributed by atoms with Crippen molar-refractivity contribution in [3.8, 4) is 17.6 Å². The Balaban J connectivity index is 1.35. The fourth-order valence-corrected chi connectivity index (χ4v) is 3.99. The lowest BCUT2D eigenvalue weighted by atomic mass is 10.1. The molecule has 34 heavy (non-hydrogen) atoms. The van der Waals surface area contributed by atoms with E-state index in [2.05, 4.69) is 38.0 Å². The minimum Gasteiger partial charge on any atom is -0.506 e. The Morgan fingerprint density at radius 2 is 1.79 bits per heavy atom. The molecule has 6 nitrogen and oxygen atoms in total. The first-order valence-corrected chi connectivity index (χ1v) is 11.7. The molecular weight excluding hydrogens is 424 g/mol. The zero-order valence-electron chi connectivity index (χ0n) is 19.5. The SMILES string of the molecule is CCCNC(=O)c1ccc(N2CCN(Cc3ccccc3C#Cc3cncc(O)c3)CC2)cc1. The molecule has 6 heteroatoms. The van der Waals surface area contributed by atoms with E-state index in [4.69, 9.17) is 0 Å². The van der Waals surface area contributed by atoms with Gasteiger partial charge in [-0.15, -0.1) is 0 Å². The zero-order chi connectivity index (χ0) is 23.8. The number of piperazine rings is 1. The first-order chi connectivity index (χ1) is 16.6. The van der Waals surface area contributed by atoms with Gasteiger partial charge in [-0.2, -0.15) is 0 Å². The van der Waals surface area contributed by atoms with Gasteiger partial charge in [0.15, 0.2) is 0 Å². The number of aromatic hydroxyl groups is 1. The highest BCUT2D eigenvalue weighted by atomic mass is 16.3. The van der Waals surface area contributed by atoms with Gasteiger partial charge in [-0.25, -0.2) is 0 Å². The standard InChI is InChI=1S/C28H30N4O2/c1-2-13-30-28(34)24-9-11-26(12-10-24)32-16-14-31(15-17-32)21-25-6-4-3-5-23(25)8-7-22-18-27(33)20-29-19-22/h3-6,9-12,18-20,33H,2,13-17,21H2,1H3,(H,30,34). The Hall–Kier alpha value is -3.82. The summed E-state index contributed by atoms with van der Waals surface area (Å²) < 4.78 is 0. The van der Waals surface area contributed by atoms with Crippen LogP contribution in [0.15, 0.2) is 67.0 Å². The Labute approximate surface area is 201 Å². The maximum atomic E-state index is 12.1. The van der Waals surface area contributed by atoms with Gasteiger partial charge in [-0.3, -0.25) is 14.7 Å². The van der Waals surface area contributed by atoms with Gasteiger partial charge in [0, 0.05) is 67.8 Å². The van der Waals surface area contributed by atoms with Gasteiger partial charge in [0.05, 0.1) is 6.20 Å². The van der Waals surface area contributed by atoms with E-state index in [0.717, 1.165) is 50.4 Å². The van der Waals surface area contributed by atoms with Gasteiger partial charge in [-0.05, 0) is 48.4 Å². The Kier molecular flexibility index (Phi) is 7.79. The number of rotatable bonds is 6. The number of pyridine rings is 1. The molecule has 0 spiro atoms. The van der Waals surface area contributed by atoms with Crippen LogP contribution in [0.3, 0.4) is 0 Å². The van der Waals surface area contributed by atoms with Crippen molar-refractivity contribution < 1.29 is 9.90 Å². The van der Waals surface area contributed by atoms with Crippen LogP contribution in [0.2, 0.25) is 0 Å². The molecule has 0 saturated carbocycles. The van der Waals surface area contributed by atoms with Crippen molar-refractivity contribution in [3.05, 3.63) is 89.2 Å². The largest absolute Gasteiger partial charge is 0.506 e. The summed E-state index contributed by atoms with van der Waals surface area (Å²) in [4.78, 5) is 20.9. The topological polar surface area (TPSA) is 68.7 Å². The molecule has 1 aliphatic rings. The summed E-state index contributed by atoms with van der Waals surface area (Å²) in [5.41, 5.74) is 4.73. The number of nitrogens with one attached hydrogen (secondary N) is 1. The molecule has 1 fully saturated rings. The molecule has 1 aromatic heterocycles. The van der Waals surface area contributed by atoms with Crippen molar-refractivity contribution in [1.29, 1.82) is 0 Å². The van der Waals surface area contributed by atoms with E-state index in [0.29, 0.717) is 17.7 Å². The number of hydrogen-bond acceptors (Lipinski definition) is 5. The highest BCUT2D eigenvalue weighted by Gasteiger charge is 2.18. The fourth-order valence-electron chi connectivity index (χ4n) is 3.99. The molecule has 4 rings (SSSR count). The normalized spacial score (nSPS) is 13.7. The van der Waals surface area contributed by atoms with Crippen LogP contribution in [0.25, 0.3) is 0 Å². The Morgan fingerprint density at radius 1 is 1.03 bits per heavy atom. The fraction of sp³-hybridized carbons (Fsp3) is 0.286. The second kappa shape index (κ2) is 11.4. The first-order valence-electron chi connectivity index (χ1n) is 11.7. The molecule has 1 aliphatic heterocycles. The smallest absolute Gasteiger partial charge is 0.251 e. The predicted octanol–water partition coefficient (Wildman–Crippen LogP) is 3.65. The average molecular weight is 455 g/mol. The second-order valence-electron chi connectivity index (χ2n) is 8.40. The number of carbonyl (C=O) groups is 1. The summed E-state index contributed by atoms with van der Waals surface area (Å²) in [7, 11) is 0. The maximum absolute atomic E-state index is 12.1. The average Bonchev–Trinajstić information content (AvgIpc) is 2.87. The quantitative estimate of drug-likeness (QED) is 0.557. The third kappa shape index (κ3) is 6.15. The summed E-state index contributed by atoms with van der Waals surface area (Å²) in [5.74, 6) is 6.45. The zero-order valence-corrected chi connectivity index (χ0v) is 19.5. The van der Waals surface area contributed by atoms with Gasteiger partial charge >= 0.3 is 0 Å². The summed E-state index contributed by atoms with van der Waals surface area (Å²) in [5, 5.41) is 12.5. The summed E-state index contributed by atoms with van der Waals surface area (Å²) >= 11 is 0. The van der Waals surface area contributed by atoms with Crippen molar-refractivity contribution >= 4 is 11.6 Å². The van der Waals surface area contributed by atoms with Crippen molar-refractivity contribution in [2.75, 3.05) is 37.6 Å². The molecule has 3 aromatic rings. The van der Waals surface area contributed by atoms with E-state index in [-0.39, 0.29) is 11.7 Å². The lowest BCUT2D eigenvalue weighted by molar-refractivity contribution is 0.0953. The van der Waals surface area contributed by atoms with E-state index >= 15 is 0 Å².